The quantitative estimate of drug-likeness (QED) is 0.249. The largest absolute Gasteiger partial charge is 0.813 e. The second-order valence-electron chi connectivity index (χ2n) is 0.214. The van der Waals surface area contributed by atoms with Crippen molar-refractivity contribution >= 4 is 13.5 Å². The third-order valence-corrected chi connectivity index (χ3v) is 0. The first-order chi connectivity index (χ1) is 1.73. The summed E-state index contributed by atoms with van der Waals surface area (Å²) in [5.74, 6) is 0. The topological polar surface area (TPSA) is 0 Å². The Morgan fingerprint density at radius 2 is 1.00 bits per heavy atom. The third-order valence-electron chi connectivity index (χ3n) is 0. The van der Waals surface area contributed by atoms with Gasteiger partial charge in [0.1, 0.15) is 0 Å². The molecule has 5 heteroatoms. The Morgan fingerprint density at radius 3 is 1.00 bits per heavy atom. The zero-order chi connectivity index (χ0) is 3.58. The molecule has 0 fully saturated rings. The van der Waals surface area contributed by atoms with Crippen LogP contribution in [0.25, 0.3) is 0 Å². The molecule has 0 saturated carbocycles. The summed E-state index contributed by atoms with van der Waals surface area (Å²) < 4.78 is 28.8. The Balaban J connectivity index is -0.0000000450. The molecule has 0 aliphatic rings. The molecule has 0 spiro atoms. The van der Waals surface area contributed by atoms with Crippen molar-refractivity contribution in [3.8, 4) is 0 Å². The molecule has 0 heterocycles. The van der Waals surface area contributed by atoms with E-state index in [1.165, 1.54) is 0 Å². The maximum absolute atomic E-state index is 9.58. The van der Waals surface area contributed by atoms with Gasteiger partial charge in [-0.05, 0) is 0 Å². The van der Waals surface area contributed by atoms with E-state index in [1.54, 1.807) is 0 Å². The first-order valence-electron chi connectivity index (χ1n) is 0.567. The molecule has 0 aliphatic heterocycles. The predicted octanol–water partition coefficient (Wildman–Crippen LogP) is 1.07. The molecule has 0 aliphatic carbocycles. The molecule has 0 N–H and O–H groups in total. The van der Waals surface area contributed by atoms with Crippen molar-refractivity contribution in [2.24, 2.45) is 0 Å². The molecule has 0 aromatic heterocycles. The van der Waals surface area contributed by atoms with Crippen molar-refractivity contribution in [3.63, 3.8) is 0 Å². The van der Waals surface area contributed by atoms with Crippen molar-refractivity contribution in [3.05, 3.63) is 6.68 Å². The molecular weight excluding hydrogens is 209 g/mol. The van der Waals surface area contributed by atoms with E-state index in [0.29, 0.717) is 0 Å². The monoisotopic (exact) mass is 209 g/mol. The summed E-state index contributed by atoms with van der Waals surface area (Å²) >= 11 is 0. The van der Waals surface area contributed by atoms with Crippen LogP contribution >= 0.6 is 0 Å². The zero-order valence-corrected chi connectivity index (χ0v) is 4.76. The molecule has 6 heavy (non-hydrogen) atoms. The molecule has 0 saturated heterocycles. The van der Waals surface area contributed by atoms with E-state index < -0.39 is 6.68 Å². The minimum atomic E-state index is -3.08. The average molecular weight is 210 g/mol. The van der Waals surface area contributed by atoms with Crippen molar-refractivity contribution in [2.45, 2.75) is 0 Å². The fraction of sp³-hybridized carbons (Fsp3) is 0. The normalized spacial score (nSPS) is 6.00. The van der Waals surface area contributed by atoms with Crippen LogP contribution in [-0.4, -0.2) is 0 Å². The van der Waals surface area contributed by atoms with Gasteiger partial charge in [-0.3, -0.25) is 0 Å². The minimum Gasteiger partial charge on any atom is -0.813 e. The van der Waals surface area contributed by atoms with Crippen LogP contribution in [0.1, 0.15) is 0 Å². The number of hydrogen-bond acceptors (Lipinski definition) is 1. The van der Waals surface area contributed by atoms with E-state index in [1.807, 2.05) is 0 Å². The molecule has 1 radical (unpaired) electrons. The Labute approximate surface area is 56.1 Å². The van der Waals surface area contributed by atoms with Gasteiger partial charge in [-0.15, -0.1) is 0 Å². The van der Waals surface area contributed by atoms with Crippen molar-refractivity contribution in [1.29, 1.82) is 0 Å². The molecule has 0 bridgehead atoms. The van der Waals surface area contributed by atoms with E-state index in [0.717, 1.165) is 0 Å². The summed E-state index contributed by atoms with van der Waals surface area (Å²) in [6.45, 7) is -3.08. The number of hydrogen-bond donors (Lipinski definition) is 0. The fourth-order valence-corrected chi connectivity index (χ4v) is 0. The molecule has 0 nitrogen and oxygen atoms in total. The van der Waals surface area contributed by atoms with Crippen molar-refractivity contribution < 1.29 is 35.6 Å². The van der Waals surface area contributed by atoms with Gasteiger partial charge in [-0.1, -0.05) is 0 Å². The summed E-state index contributed by atoms with van der Waals surface area (Å²) in [6.07, 6.45) is 0. The Morgan fingerprint density at radius 1 is 1.00 bits per heavy atom. The van der Waals surface area contributed by atoms with E-state index in [9.17, 15) is 13.2 Å². The first-order valence-corrected chi connectivity index (χ1v) is 0.567. The van der Waals surface area contributed by atoms with E-state index in [4.69, 9.17) is 0 Å². The number of rotatable bonds is 0. The van der Waals surface area contributed by atoms with Crippen LogP contribution in [0, 0.1) is 6.68 Å². The maximum Gasteiger partial charge on any atom is 0.154 e. The van der Waals surface area contributed by atoms with E-state index in [-0.39, 0.29) is 35.9 Å². The molecule has 0 aromatic carbocycles. The molecular formula is CHAgF3S-2. The first kappa shape index (κ1) is 15.8. The Hall–Kier alpha value is 0.880. The van der Waals surface area contributed by atoms with Gasteiger partial charge < -0.3 is 26.7 Å². The minimum absolute atomic E-state index is 0. The number of thiol groups is 1. The SMILES string of the molecule is F[C-](F)F.[Ag].[SH-]. The van der Waals surface area contributed by atoms with Crippen LogP contribution in [0.15, 0.2) is 0 Å². The summed E-state index contributed by atoms with van der Waals surface area (Å²) in [7, 11) is 0. The molecule has 0 amide bonds. The van der Waals surface area contributed by atoms with Crippen LogP contribution in [0.3, 0.4) is 0 Å². The van der Waals surface area contributed by atoms with Crippen molar-refractivity contribution in [1.82, 2.24) is 0 Å². The van der Waals surface area contributed by atoms with Crippen LogP contribution < -0.4 is 0 Å². The van der Waals surface area contributed by atoms with Crippen LogP contribution in [0.4, 0.5) is 13.2 Å². The summed E-state index contributed by atoms with van der Waals surface area (Å²) in [4.78, 5) is 0. The van der Waals surface area contributed by atoms with E-state index >= 15 is 0 Å². The Kier molecular flexibility index (Phi) is 24.5. The van der Waals surface area contributed by atoms with Gasteiger partial charge in [0.05, 0.1) is 0 Å². The third kappa shape index (κ3) is 94.8. The van der Waals surface area contributed by atoms with Gasteiger partial charge >= 0.3 is 0 Å². The molecule has 0 rings (SSSR count). The van der Waals surface area contributed by atoms with Crippen molar-refractivity contribution in [2.75, 3.05) is 0 Å². The number of halogens is 3. The second kappa shape index (κ2) is 9.30. The summed E-state index contributed by atoms with van der Waals surface area (Å²) in [5, 5.41) is 0. The van der Waals surface area contributed by atoms with Gasteiger partial charge in [0.2, 0.25) is 0 Å². The second-order valence-corrected chi connectivity index (χ2v) is 0.214. The predicted molar refractivity (Wildman–Crippen MR) is 15.3 cm³/mol. The standard InChI is InChI=1S/CF3.Ag.H2S/c2-1(3)4;;/h;;1H2/q-1;;/p-1. The van der Waals surface area contributed by atoms with Crippen LogP contribution in [0.5, 0.6) is 0 Å². The smallest absolute Gasteiger partial charge is 0.154 e. The molecule has 0 unspecified atom stereocenters. The average Bonchev–Trinajstić information content (AvgIpc) is 0.811. The van der Waals surface area contributed by atoms with Gasteiger partial charge in [0.15, 0.2) is 6.68 Å². The van der Waals surface area contributed by atoms with Gasteiger partial charge in [-0.2, -0.15) is 0 Å². The van der Waals surface area contributed by atoms with Crippen LogP contribution in [-0.2, 0) is 35.9 Å². The van der Waals surface area contributed by atoms with Gasteiger partial charge in [0, 0.05) is 22.4 Å². The van der Waals surface area contributed by atoms with Gasteiger partial charge in [0.25, 0.3) is 0 Å². The summed E-state index contributed by atoms with van der Waals surface area (Å²) in [5.41, 5.74) is 0. The molecule has 0 aromatic rings. The zero-order valence-electron chi connectivity index (χ0n) is 2.38. The maximum atomic E-state index is 9.58. The summed E-state index contributed by atoms with van der Waals surface area (Å²) in [6, 6.07) is 0. The van der Waals surface area contributed by atoms with E-state index in [2.05, 4.69) is 0 Å². The fourth-order valence-electron chi connectivity index (χ4n) is 0. The van der Waals surface area contributed by atoms with Crippen LogP contribution in [0.2, 0.25) is 0 Å². The molecule has 0 atom stereocenters. The molecule has 45 valence electrons. The Bertz CT molecular complexity index is 15.5. The van der Waals surface area contributed by atoms with Gasteiger partial charge in [-0.25, -0.2) is 0 Å².